The molecule has 0 saturated carbocycles. The van der Waals surface area contributed by atoms with Gasteiger partial charge in [-0.25, -0.2) is 4.79 Å². The normalized spacial score (nSPS) is 12.0. The molecule has 0 bridgehead atoms. The van der Waals surface area contributed by atoms with E-state index < -0.39 is 0 Å². The summed E-state index contributed by atoms with van der Waals surface area (Å²) in [6.45, 7) is 3.89. The first-order chi connectivity index (χ1) is 11.5. The Labute approximate surface area is 149 Å². The molecule has 0 aliphatic rings. The van der Waals surface area contributed by atoms with Crippen molar-refractivity contribution in [3.05, 3.63) is 70.5 Å². The van der Waals surface area contributed by atoms with Gasteiger partial charge in [0.1, 0.15) is 0 Å². The van der Waals surface area contributed by atoms with Gasteiger partial charge < -0.3 is 10.6 Å². The van der Waals surface area contributed by atoms with Crippen LogP contribution in [0.5, 0.6) is 0 Å². The Balaban J connectivity index is 1.75. The molecule has 24 heavy (non-hydrogen) atoms. The molecule has 3 rings (SSSR count). The molecule has 2 aromatic carbocycles. The van der Waals surface area contributed by atoms with E-state index in [9.17, 15) is 4.79 Å². The molecule has 0 saturated heterocycles. The van der Waals surface area contributed by atoms with Crippen LogP contribution in [0.15, 0.2) is 59.2 Å². The molecule has 122 valence electrons. The molecule has 0 fully saturated rings. The minimum absolute atomic E-state index is 0.0866. The van der Waals surface area contributed by atoms with E-state index in [1.54, 1.807) is 0 Å². The third-order valence-electron chi connectivity index (χ3n) is 3.87. The summed E-state index contributed by atoms with van der Waals surface area (Å²) in [7, 11) is 0. The highest BCUT2D eigenvalue weighted by Crippen LogP contribution is 2.23. The van der Waals surface area contributed by atoms with Crippen LogP contribution in [0.25, 0.3) is 10.8 Å². The zero-order valence-electron chi connectivity index (χ0n) is 13.5. The number of carbonyl (C=O) groups excluding carboxylic acids is 1. The Hall–Kier alpha value is -2.40. The molecule has 4 nitrogen and oxygen atoms in total. The quantitative estimate of drug-likeness (QED) is 0.653. The zero-order valence-corrected chi connectivity index (χ0v) is 15.1. The molecule has 2 N–H and O–H groups in total. The van der Waals surface area contributed by atoms with Crippen molar-refractivity contribution in [1.82, 2.24) is 10.3 Å². The van der Waals surface area contributed by atoms with E-state index in [4.69, 9.17) is 0 Å². The second-order valence-electron chi connectivity index (χ2n) is 5.72. The molecule has 3 aromatic rings. The van der Waals surface area contributed by atoms with E-state index >= 15 is 0 Å². The lowest BCUT2D eigenvalue weighted by Gasteiger charge is -2.16. The average Bonchev–Trinajstić information content (AvgIpc) is 2.56. The van der Waals surface area contributed by atoms with Crippen LogP contribution in [0.4, 0.5) is 10.5 Å². The summed E-state index contributed by atoms with van der Waals surface area (Å²) >= 11 is 3.41. The van der Waals surface area contributed by atoms with Gasteiger partial charge in [0.25, 0.3) is 0 Å². The van der Waals surface area contributed by atoms with Gasteiger partial charge in [0, 0.05) is 27.1 Å². The maximum Gasteiger partial charge on any atom is 0.319 e. The van der Waals surface area contributed by atoms with Crippen LogP contribution in [0.3, 0.4) is 0 Å². The highest BCUT2D eigenvalue weighted by Gasteiger charge is 2.11. The summed E-state index contributed by atoms with van der Waals surface area (Å²) in [6, 6.07) is 15.3. The molecule has 1 heterocycles. The van der Waals surface area contributed by atoms with E-state index in [1.807, 2.05) is 68.6 Å². The number of urea groups is 1. The lowest BCUT2D eigenvalue weighted by Crippen LogP contribution is -2.31. The Morgan fingerprint density at radius 1 is 1.17 bits per heavy atom. The number of halogens is 1. The molecule has 0 unspecified atom stereocenters. The number of aryl methyl sites for hydroxylation is 1. The molecule has 2 amide bonds. The topological polar surface area (TPSA) is 54.0 Å². The molecule has 5 heteroatoms. The van der Waals surface area contributed by atoms with E-state index in [2.05, 4.69) is 31.5 Å². The fraction of sp³-hybridized carbons (Fsp3) is 0.158. The lowest BCUT2D eigenvalue weighted by molar-refractivity contribution is 0.249. The van der Waals surface area contributed by atoms with Gasteiger partial charge >= 0.3 is 6.03 Å². The highest BCUT2D eigenvalue weighted by molar-refractivity contribution is 9.10. The van der Waals surface area contributed by atoms with Gasteiger partial charge in [-0.2, -0.15) is 0 Å². The minimum atomic E-state index is -0.229. The van der Waals surface area contributed by atoms with E-state index in [-0.39, 0.29) is 12.1 Å². The van der Waals surface area contributed by atoms with Crippen molar-refractivity contribution < 1.29 is 4.79 Å². The molecule has 0 aliphatic heterocycles. The number of nitrogens with one attached hydrogen (secondary N) is 2. The van der Waals surface area contributed by atoms with Gasteiger partial charge in [-0.3, -0.25) is 4.98 Å². The number of hydrogen-bond donors (Lipinski definition) is 2. The fourth-order valence-corrected chi connectivity index (χ4v) is 2.84. The molecule has 1 atom stereocenters. The Bertz CT molecular complexity index is 877. The van der Waals surface area contributed by atoms with Crippen LogP contribution in [-0.2, 0) is 0 Å². The number of pyridine rings is 1. The van der Waals surface area contributed by atoms with Crippen molar-refractivity contribution in [3.8, 4) is 0 Å². The van der Waals surface area contributed by atoms with Crippen LogP contribution < -0.4 is 10.6 Å². The number of fused-ring (bicyclic) bond motifs is 1. The van der Waals surface area contributed by atoms with Crippen LogP contribution in [0.2, 0.25) is 0 Å². The summed E-state index contributed by atoms with van der Waals surface area (Å²) in [5, 5.41) is 7.88. The smallest absolute Gasteiger partial charge is 0.319 e. The van der Waals surface area contributed by atoms with Crippen LogP contribution >= 0.6 is 15.9 Å². The summed E-state index contributed by atoms with van der Waals surface area (Å²) in [5.74, 6) is 0. The molecular formula is C19H18BrN3O. The molecular weight excluding hydrogens is 366 g/mol. The lowest BCUT2D eigenvalue weighted by atomic mass is 10.1. The summed E-state index contributed by atoms with van der Waals surface area (Å²) in [4.78, 5) is 16.6. The third-order valence-corrected chi connectivity index (χ3v) is 4.39. The number of amides is 2. The predicted octanol–water partition coefficient (Wildman–Crippen LogP) is 5.19. The third kappa shape index (κ3) is 3.74. The second kappa shape index (κ2) is 7.01. The molecule has 1 aromatic heterocycles. The average molecular weight is 384 g/mol. The number of nitrogens with zero attached hydrogens (tertiary/aromatic N) is 1. The van der Waals surface area contributed by atoms with Gasteiger partial charge in [0.2, 0.25) is 0 Å². The first-order valence-corrected chi connectivity index (χ1v) is 8.50. The van der Waals surface area contributed by atoms with Crippen molar-refractivity contribution >= 4 is 38.4 Å². The van der Waals surface area contributed by atoms with Gasteiger partial charge in [-0.1, -0.05) is 40.2 Å². The summed E-state index contributed by atoms with van der Waals surface area (Å²) in [6.07, 6.45) is 1.82. The molecule has 0 radical (unpaired) electrons. The minimum Gasteiger partial charge on any atom is -0.331 e. The Morgan fingerprint density at radius 2 is 1.92 bits per heavy atom. The molecule has 0 aliphatic carbocycles. The van der Waals surface area contributed by atoms with Gasteiger partial charge in [-0.15, -0.1) is 0 Å². The number of anilines is 1. The van der Waals surface area contributed by atoms with Crippen molar-refractivity contribution in [2.24, 2.45) is 0 Å². The fourth-order valence-electron chi connectivity index (χ4n) is 2.57. The van der Waals surface area contributed by atoms with Gasteiger partial charge in [-0.05, 0) is 43.7 Å². The predicted molar refractivity (Wildman–Crippen MR) is 101 cm³/mol. The van der Waals surface area contributed by atoms with Crippen LogP contribution in [0, 0.1) is 6.92 Å². The number of aromatic nitrogens is 1. The maximum absolute atomic E-state index is 12.3. The first kappa shape index (κ1) is 16.5. The van der Waals surface area contributed by atoms with Gasteiger partial charge in [0.05, 0.1) is 11.7 Å². The number of hydrogen-bond acceptors (Lipinski definition) is 2. The summed E-state index contributed by atoms with van der Waals surface area (Å²) < 4.78 is 1.02. The maximum atomic E-state index is 12.3. The summed E-state index contributed by atoms with van der Waals surface area (Å²) in [5.41, 5.74) is 2.74. The monoisotopic (exact) mass is 383 g/mol. The number of benzene rings is 2. The Kier molecular flexibility index (Phi) is 4.81. The Morgan fingerprint density at radius 3 is 2.67 bits per heavy atom. The first-order valence-electron chi connectivity index (χ1n) is 7.71. The van der Waals surface area contributed by atoms with Crippen molar-refractivity contribution in [1.29, 1.82) is 0 Å². The highest BCUT2D eigenvalue weighted by atomic mass is 79.9. The van der Waals surface area contributed by atoms with Crippen molar-refractivity contribution in [2.45, 2.75) is 19.9 Å². The van der Waals surface area contributed by atoms with E-state index in [0.717, 1.165) is 32.2 Å². The largest absolute Gasteiger partial charge is 0.331 e. The van der Waals surface area contributed by atoms with Crippen LogP contribution in [-0.4, -0.2) is 11.0 Å². The molecule has 0 spiro atoms. The van der Waals surface area contributed by atoms with Crippen LogP contribution in [0.1, 0.15) is 24.2 Å². The zero-order chi connectivity index (χ0) is 17.1. The van der Waals surface area contributed by atoms with Crippen molar-refractivity contribution in [2.75, 3.05) is 5.32 Å². The van der Waals surface area contributed by atoms with E-state index in [1.165, 1.54) is 0 Å². The standard InChI is InChI=1S/C19H18BrN3O/c1-12-10-17-15(11-21-12)4-3-5-18(17)23-19(24)22-13(2)14-6-8-16(20)9-7-14/h3-11,13H,1-2H3,(H2,22,23,24)/t13-/m0/s1. The number of carbonyl (C=O) groups is 1. The van der Waals surface area contributed by atoms with Gasteiger partial charge in [0.15, 0.2) is 0 Å². The van der Waals surface area contributed by atoms with Crippen molar-refractivity contribution in [3.63, 3.8) is 0 Å². The number of rotatable bonds is 3. The van der Waals surface area contributed by atoms with E-state index in [0.29, 0.717) is 0 Å². The SMILES string of the molecule is Cc1cc2c(NC(=O)N[C@@H](C)c3ccc(Br)cc3)cccc2cn1. The second-order valence-corrected chi connectivity index (χ2v) is 6.64.